The second-order valence-corrected chi connectivity index (χ2v) is 9.16. The van der Waals surface area contributed by atoms with Crippen LogP contribution < -0.4 is 9.32 Å². The van der Waals surface area contributed by atoms with Crippen LogP contribution in [0.1, 0.15) is 43.0 Å². The van der Waals surface area contributed by atoms with Crippen LogP contribution in [0.3, 0.4) is 0 Å². The van der Waals surface area contributed by atoms with Crippen LogP contribution in [0, 0.1) is 0 Å². The lowest BCUT2D eigenvalue weighted by molar-refractivity contribution is -0.156. The second-order valence-electron chi connectivity index (χ2n) is 7.12. The van der Waals surface area contributed by atoms with Crippen molar-refractivity contribution >= 4 is 27.6 Å². The summed E-state index contributed by atoms with van der Waals surface area (Å²) in [6.45, 7) is 5.77. The third-order valence-electron chi connectivity index (χ3n) is 3.43. The van der Waals surface area contributed by atoms with E-state index in [1.807, 2.05) is 5.38 Å². The fourth-order valence-electron chi connectivity index (χ4n) is 2.39. The van der Waals surface area contributed by atoms with Crippen molar-refractivity contribution in [1.82, 2.24) is 4.98 Å². The van der Waals surface area contributed by atoms with Crippen molar-refractivity contribution in [2.45, 2.75) is 45.3 Å². The zero-order chi connectivity index (χ0) is 20.9. The molecule has 0 radical (unpaired) electrons. The van der Waals surface area contributed by atoms with E-state index < -0.39 is 21.8 Å². The van der Waals surface area contributed by atoms with Gasteiger partial charge in [0.15, 0.2) is 0 Å². The summed E-state index contributed by atoms with van der Waals surface area (Å²) in [6.07, 6.45) is 0.338. The SMILES string of the molecule is COCc1csc(C(Cc2ccc(OS(N)(=O)=O)cc2)C(=O)OC(C)(C)C)n1. The molecule has 0 fully saturated rings. The number of thiazole rings is 1. The molecule has 10 heteroatoms. The molecule has 0 aliphatic carbocycles. The van der Waals surface area contributed by atoms with Crippen LogP contribution in [0.25, 0.3) is 0 Å². The van der Waals surface area contributed by atoms with Gasteiger partial charge in [0.2, 0.25) is 0 Å². The maximum atomic E-state index is 12.8. The van der Waals surface area contributed by atoms with E-state index in [9.17, 15) is 13.2 Å². The van der Waals surface area contributed by atoms with E-state index >= 15 is 0 Å². The van der Waals surface area contributed by atoms with Gasteiger partial charge in [-0.25, -0.2) is 4.98 Å². The first kappa shape index (κ1) is 22.3. The van der Waals surface area contributed by atoms with Gasteiger partial charge in [0.1, 0.15) is 22.3 Å². The first-order valence-corrected chi connectivity index (χ1v) is 10.8. The van der Waals surface area contributed by atoms with Gasteiger partial charge in [-0.15, -0.1) is 11.3 Å². The highest BCUT2D eigenvalue weighted by molar-refractivity contribution is 7.84. The Hall–Kier alpha value is -2.01. The molecule has 1 atom stereocenters. The molecule has 1 unspecified atom stereocenters. The lowest BCUT2D eigenvalue weighted by Gasteiger charge is -2.23. The summed E-state index contributed by atoms with van der Waals surface area (Å²) in [5.41, 5.74) is 0.906. The molecule has 0 saturated heterocycles. The predicted molar refractivity (Wildman–Crippen MR) is 105 cm³/mol. The highest BCUT2D eigenvalue weighted by Gasteiger charge is 2.29. The highest BCUT2D eigenvalue weighted by atomic mass is 32.2. The van der Waals surface area contributed by atoms with E-state index in [-0.39, 0.29) is 11.7 Å². The molecule has 0 aliphatic rings. The summed E-state index contributed by atoms with van der Waals surface area (Å²) in [6, 6.07) is 6.29. The lowest BCUT2D eigenvalue weighted by atomic mass is 9.99. The molecule has 2 aromatic rings. The molecule has 2 rings (SSSR count). The Bertz CT molecular complexity index is 901. The molecule has 1 aromatic heterocycles. The van der Waals surface area contributed by atoms with Crippen molar-refractivity contribution in [3.63, 3.8) is 0 Å². The van der Waals surface area contributed by atoms with E-state index in [0.29, 0.717) is 18.0 Å². The third-order valence-corrected chi connectivity index (χ3v) is 4.86. The molecule has 0 aliphatic heterocycles. The predicted octanol–water partition coefficient (Wildman–Crippen LogP) is 2.54. The van der Waals surface area contributed by atoms with Gasteiger partial charge in [-0.3, -0.25) is 4.79 Å². The number of aromatic nitrogens is 1. The lowest BCUT2D eigenvalue weighted by Crippen LogP contribution is -2.28. The molecule has 28 heavy (non-hydrogen) atoms. The van der Waals surface area contributed by atoms with Crippen LogP contribution in [0.4, 0.5) is 0 Å². The molecular formula is C18H24N2O6S2. The third kappa shape index (κ3) is 7.19. The smallest absolute Gasteiger partial charge is 0.380 e. The summed E-state index contributed by atoms with van der Waals surface area (Å²) in [5.74, 6) is -0.882. The molecule has 0 spiro atoms. The standard InChI is InChI=1S/C18H24N2O6S2/c1-18(2,3)25-17(21)15(16-20-13(10-24-4)11-27-16)9-12-5-7-14(8-6-12)26-28(19,22)23/h5-8,11,15H,9-10H2,1-4H3,(H2,19,22,23). The number of carbonyl (C=O) groups excluding carboxylic acids is 1. The van der Waals surface area contributed by atoms with E-state index in [1.54, 1.807) is 40.0 Å². The van der Waals surface area contributed by atoms with Crippen LogP contribution in [0.15, 0.2) is 29.6 Å². The Balaban J connectivity index is 2.24. The quantitative estimate of drug-likeness (QED) is 0.642. The van der Waals surface area contributed by atoms with Gasteiger partial charge in [0.25, 0.3) is 0 Å². The minimum absolute atomic E-state index is 0.0942. The number of carbonyl (C=O) groups is 1. The molecule has 1 heterocycles. The summed E-state index contributed by atoms with van der Waals surface area (Å²) in [4.78, 5) is 17.3. The largest absolute Gasteiger partial charge is 0.459 e. The van der Waals surface area contributed by atoms with Gasteiger partial charge in [-0.2, -0.15) is 13.6 Å². The maximum absolute atomic E-state index is 12.8. The Morgan fingerprint density at radius 3 is 2.43 bits per heavy atom. The first-order chi connectivity index (χ1) is 13.0. The molecule has 2 N–H and O–H groups in total. The van der Waals surface area contributed by atoms with Crippen LogP contribution >= 0.6 is 11.3 Å². The van der Waals surface area contributed by atoms with Crippen molar-refractivity contribution in [3.8, 4) is 5.75 Å². The van der Waals surface area contributed by atoms with Gasteiger partial charge in [-0.1, -0.05) is 12.1 Å². The Labute approximate surface area is 168 Å². The van der Waals surface area contributed by atoms with E-state index in [2.05, 4.69) is 9.17 Å². The first-order valence-electron chi connectivity index (χ1n) is 8.44. The molecule has 154 valence electrons. The maximum Gasteiger partial charge on any atom is 0.380 e. The molecule has 0 bridgehead atoms. The highest BCUT2D eigenvalue weighted by Crippen LogP contribution is 2.28. The number of benzene rings is 1. The summed E-state index contributed by atoms with van der Waals surface area (Å²) in [7, 11) is -2.51. The number of esters is 1. The molecule has 0 saturated carbocycles. The number of ether oxygens (including phenoxy) is 2. The van der Waals surface area contributed by atoms with E-state index in [0.717, 1.165) is 11.3 Å². The molecular weight excluding hydrogens is 404 g/mol. The Morgan fingerprint density at radius 1 is 1.25 bits per heavy atom. The monoisotopic (exact) mass is 428 g/mol. The average molecular weight is 429 g/mol. The number of nitrogens with two attached hydrogens (primary N) is 1. The van der Waals surface area contributed by atoms with Crippen LogP contribution in [-0.2, 0) is 37.6 Å². The van der Waals surface area contributed by atoms with Gasteiger partial charge in [0, 0.05) is 12.5 Å². The van der Waals surface area contributed by atoms with E-state index in [1.165, 1.54) is 23.5 Å². The number of hydrogen-bond acceptors (Lipinski definition) is 8. The van der Waals surface area contributed by atoms with Gasteiger partial charge in [-0.05, 0) is 44.9 Å². The van der Waals surface area contributed by atoms with Crippen molar-refractivity contribution in [3.05, 3.63) is 45.9 Å². The number of rotatable bonds is 8. The van der Waals surface area contributed by atoms with Gasteiger partial charge in [0.05, 0.1) is 12.3 Å². The zero-order valence-electron chi connectivity index (χ0n) is 16.2. The van der Waals surface area contributed by atoms with Crippen LogP contribution in [-0.4, -0.2) is 32.1 Å². The Morgan fingerprint density at radius 2 is 1.89 bits per heavy atom. The van der Waals surface area contributed by atoms with E-state index in [4.69, 9.17) is 14.6 Å². The number of nitrogens with zero attached hydrogens (tertiary/aromatic N) is 1. The number of hydrogen-bond donors (Lipinski definition) is 1. The summed E-state index contributed by atoms with van der Waals surface area (Å²) in [5, 5.41) is 7.34. The Kier molecular flexibility index (Phi) is 7.16. The van der Waals surface area contributed by atoms with Crippen molar-refractivity contribution in [1.29, 1.82) is 0 Å². The molecule has 8 nitrogen and oxygen atoms in total. The second kappa shape index (κ2) is 8.99. The molecule has 0 amide bonds. The van der Waals surface area contributed by atoms with Gasteiger partial charge < -0.3 is 13.7 Å². The fourth-order valence-corrected chi connectivity index (χ4v) is 3.66. The summed E-state index contributed by atoms with van der Waals surface area (Å²) >= 11 is 1.37. The minimum atomic E-state index is -4.09. The minimum Gasteiger partial charge on any atom is -0.459 e. The van der Waals surface area contributed by atoms with Crippen LogP contribution in [0.2, 0.25) is 0 Å². The fraction of sp³-hybridized carbons (Fsp3) is 0.444. The molecule has 1 aromatic carbocycles. The van der Waals surface area contributed by atoms with Crippen molar-refractivity contribution < 1.29 is 26.9 Å². The van der Waals surface area contributed by atoms with Crippen LogP contribution in [0.5, 0.6) is 5.75 Å². The number of methoxy groups -OCH3 is 1. The van der Waals surface area contributed by atoms with Crippen molar-refractivity contribution in [2.75, 3.05) is 7.11 Å². The normalized spacial score (nSPS) is 13.2. The zero-order valence-corrected chi connectivity index (χ0v) is 17.8. The van der Waals surface area contributed by atoms with Crippen molar-refractivity contribution in [2.24, 2.45) is 5.14 Å². The summed E-state index contributed by atoms with van der Waals surface area (Å²) < 4.78 is 37.3. The van der Waals surface area contributed by atoms with Gasteiger partial charge >= 0.3 is 16.3 Å². The topological polar surface area (TPSA) is 118 Å². The average Bonchev–Trinajstić information content (AvgIpc) is 2.99.